The predicted molar refractivity (Wildman–Crippen MR) is 80.8 cm³/mol. The van der Waals surface area contributed by atoms with Crippen LogP contribution in [0.3, 0.4) is 0 Å². The molecule has 0 unspecified atom stereocenters. The summed E-state index contributed by atoms with van der Waals surface area (Å²) in [4.78, 5) is 0. The second-order valence-electron chi connectivity index (χ2n) is 5.08. The molecule has 0 saturated heterocycles. The zero-order valence-corrected chi connectivity index (χ0v) is 12.7. The second kappa shape index (κ2) is 6.57. The van der Waals surface area contributed by atoms with Gasteiger partial charge in [0.05, 0.1) is 11.4 Å². The minimum Gasteiger partial charge on any atom is -0.487 e. The zero-order chi connectivity index (χ0) is 14.5. The summed E-state index contributed by atoms with van der Waals surface area (Å²) in [6.07, 6.45) is 0. The van der Waals surface area contributed by atoms with Crippen molar-refractivity contribution in [2.45, 2.75) is 33.9 Å². The molecular formula is C16H23N3O. The third kappa shape index (κ3) is 3.61. The number of hydrogen-bond acceptors (Lipinski definition) is 3. The quantitative estimate of drug-likeness (QED) is 0.879. The highest BCUT2D eigenvalue weighted by molar-refractivity contribution is 5.37. The lowest BCUT2D eigenvalue weighted by molar-refractivity contribution is 0.291. The van der Waals surface area contributed by atoms with Crippen molar-refractivity contribution in [3.05, 3.63) is 46.8 Å². The topological polar surface area (TPSA) is 39.1 Å². The van der Waals surface area contributed by atoms with E-state index in [0.717, 1.165) is 30.2 Å². The first-order valence-corrected chi connectivity index (χ1v) is 7.02. The van der Waals surface area contributed by atoms with Crippen LogP contribution in [0.15, 0.2) is 24.3 Å². The van der Waals surface area contributed by atoms with Crippen LogP contribution in [0.2, 0.25) is 0 Å². The summed E-state index contributed by atoms with van der Waals surface area (Å²) in [6, 6.07) is 8.36. The van der Waals surface area contributed by atoms with E-state index in [1.54, 1.807) is 0 Å². The van der Waals surface area contributed by atoms with Crippen LogP contribution in [-0.2, 0) is 20.2 Å². The van der Waals surface area contributed by atoms with Gasteiger partial charge in [-0.05, 0) is 32.5 Å². The lowest BCUT2D eigenvalue weighted by Crippen LogP contribution is -2.13. The fourth-order valence-electron chi connectivity index (χ4n) is 2.20. The molecule has 0 atom stereocenters. The average molecular weight is 273 g/mol. The van der Waals surface area contributed by atoms with Gasteiger partial charge in [-0.15, -0.1) is 0 Å². The molecule has 2 rings (SSSR count). The fraction of sp³-hybridized carbons (Fsp3) is 0.438. The van der Waals surface area contributed by atoms with E-state index in [9.17, 15) is 0 Å². The van der Waals surface area contributed by atoms with Gasteiger partial charge in [0.1, 0.15) is 12.4 Å². The SMILES string of the molecule is CCNCc1cc(C)ccc1OCc1cc(C)nn1C. The molecule has 20 heavy (non-hydrogen) atoms. The van der Waals surface area contributed by atoms with Crippen molar-refractivity contribution in [3.63, 3.8) is 0 Å². The molecule has 1 aromatic heterocycles. The van der Waals surface area contributed by atoms with E-state index in [1.807, 2.05) is 24.7 Å². The number of aromatic nitrogens is 2. The van der Waals surface area contributed by atoms with Gasteiger partial charge in [0.2, 0.25) is 0 Å². The molecule has 0 fully saturated rings. The van der Waals surface area contributed by atoms with Crippen LogP contribution in [0.5, 0.6) is 5.75 Å². The molecule has 0 saturated carbocycles. The molecule has 1 aromatic carbocycles. The van der Waals surface area contributed by atoms with Crippen molar-refractivity contribution in [1.82, 2.24) is 15.1 Å². The van der Waals surface area contributed by atoms with Gasteiger partial charge in [-0.25, -0.2) is 0 Å². The fourth-order valence-corrected chi connectivity index (χ4v) is 2.20. The molecule has 0 amide bonds. The summed E-state index contributed by atoms with van der Waals surface area (Å²) in [5.41, 5.74) is 4.55. The van der Waals surface area contributed by atoms with Crippen LogP contribution in [0.25, 0.3) is 0 Å². The minimum atomic E-state index is 0.541. The van der Waals surface area contributed by atoms with Crippen molar-refractivity contribution >= 4 is 0 Å². The van der Waals surface area contributed by atoms with Crippen LogP contribution in [0, 0.1) is 13.8 Å². The molecule has 0 spiro atoms. The van der Waals surface area contributed by atoms with Crippen LogP contribution >= 0.6 is 0 Å². The summed E-state index contributed by atoms with van der Waals surface area (Å²) in [5.74, 6) is 0.940. The smallest absolute Gasteiger partial charge is 0.130 e. The number of benzene rings is 1. The standard InChI is InChI=1S/C16H23N3O/c1-5-17-10-14-8-12(2)6-7-16(14)20-11-15-9-13(3)18-19(15)4/h6-9,17H,5,10-11H2,1-4H3. The lowest BCUT2D eigenvalue weighted by atomic mass is 10.1. The molecule has 0 bridgehead atoms. The van der Waals surface area contributed by atoms with E-state index in [0.29, 0.717) is 6.61 Å². The van der Waals surface area contributed by atoms with E-state index < -0.39 is 0 Å². The Hall–Kier alpha value is -1.81. The van der Waals surface area contributed by atoms with Crippen molar-refractivity contribution in [1.29, 1.82) is 0 Å². The van der Waals surface area contributed by atoms with Gasteiger partial charge in [-0.3, -0.25) is 4.68 Å². The molecule has 0 aliphatic carbocycles. The first-order valence-electron chi connectivity index (χ1n) is 7.02. The number of ether oxygens (including phenoxy) is 1. The number of hydrogen-bond donors (Lipinski definition) is 1. The largest absolute Gasteiger partial charge is 0.487 e. The van der Waals surface area contributed by atoms with Gasteiger partial charge in [0.15, 0.2) is 0 Å². The monoisotopic (exact) mass is 273 g/mol. The highest BCUT2D eigenvalue weighted by Crippen LogP contribution is 2.21. The van der Waals surface area contributed by atoms with E-state index in [-0.39, 0.29) is 0 Å². The molecule has 4 heteroatoms. The molecule has 1 N–H and O–H groups in total. The summed E-state index contributed by atoms with van der Waals surface area (Å²) >= 11 is 0. The van der Waals surface area contributed by atoms with Crippen molar-refractivity contribution in [2.75, 3.05) is 6.54 Å². The van der Waals surface area contributed by atoms with E-state index >= 15 is 0 Å². The Morgan fingerprint density at radius 3 is 2.70 bits per heavy atom. The average Bonchev–Trinajstić information content (AvgIpc) is 2.73. The summed E-state index contributed by atoms with van der Waals surface area (Å²) < 4.78 is 7.84. The third-order valence-corrected chi connectivity index (χ3v) is 3.26. The van der Waals surface area contributed by atoms with E-state index in [2.05, 4.69) is 42.5 Å². The maximum atomic E-state index is 5.97. The molecular weight excluding hydrogens is 250 g/mol. The lowest BCUT2D eigenvalue weighted by Gasteiger charge is -2.13. The highest BCUT2D eigenvalue weighted by Gasteiger charge is 2.07. The van der Waals surface area contributed by atoms with Crippen LogP contribution < -0.4 is 10.1 Å². The summed E-state index contributed by atoms with van der Waals surface area (Å²) in [7, 11) is 1.94. The molecule has 108 valence electrons. The first-order chi connectivity index (χ1) is 9.60. The van der Waals surface area contributed by atoms with Crippen molar-refractivity contribution in [2.24, 2.45) is 7.05 Å². The van der Waals surface area contributed by atoms with Gasteiger partial charge in [-0.2, -0.15) is 5.10 Å². The van der Waals surface area contributed by atoms with Gasteiger partial charge >= 0.3 is 0 Å². The first kappa shape index (κ1) is 14.6. The van der Waals surface area contributed by atoms with Gasteiger partial charge < -0.3 is 10.1 Å². The number of nitrogens with one attached hydrogen (secondary N) is 1. The van der Waals surface area contributed by atoms with Gasteiger partial charge in [0, 0.05) is 19.2 Å². The Bertz CT molecular complexity index is 575. The Balaban J connectivity index is 2.10. The third-order valence-electron chi connectivity index (χ3n) is 3.26. The predicted octanol–water partition coefficient (Wildman–Crippen LogP) is 2.73. The molecule has 1 heterocycles. The molecule has 0 radical (unpaired) electrons. The van der Waals surface area contributed by atoms with Crippen molar-refractivity contribution < 1.29 is 4.74 Å². The van der Waals surface area contributed by atoms with E-state index in [1.165, 1.54) is 11.1 Å². The molecule has 0 aliphatic heterocycles. The normalized spacial score (nSPS) is 10.8. The Morgan fingerprint density at radius 2 is 2.05 bits per heavy atom. The zero-order valence-electron chi connectivity index (χ0n) is 12.7. The van der Waals surface area contributed by atoms with Crippen LogP contribution in [0.4, 0.5) is 0 Å². The maximum Gasteiger partial charge on any atom is 0.130 e. The minimum absolute atomic E-state index is 0.541. The Kier molecular flexibility index (Phi) is 4.79. The molecule has 2 aromatic rings. The summed E-state index contributed by atoms with van der Waals surface area (Å²) in [5, 5.41) is 7.68. The number of nitrogens with zero attached hydrogens (tertiary/aromatic N) is 2. The number of rotatable bonds is 6. The highest BCUT2D eigenvalue weighted by atomic mass is 16.5. The summed E-state index contributed by atoms with van der Waals surface area (Å²) in [6.45, 7) is 8.52. The van der Waals surface area contributed by atoms with Crippen LogP contribution in [0.1, 0.15) is 29.4 Å². The Labute approximate surface area is 120 Å². The molecule has 0 aliphatic rings. The Morgan fingerprint density at radius 1 is 1.25 bits per heavy atom. The maximum absolute atomic E-state index is 5.97. The van der Waals surface area contributed by atoms with E-state index in [4.69, 9.17) is 4.74 Å². The van der Waals surface area contributed by atoms with Gasteiger partial charge in [-0.1, -0.05) is 24.6 Å². The second-order valence-corrected chi connectivity index (χ2v) is 5.08. The number of aryl methyl sites for hydroxylation is 3. The van der Waals surface area contributed by atoms with Crippen molar-refractivity contribution in [3.8, 4) is 5.75 Å². The van der Waals surface area contributed by atoms with Gasteiger partial charge in [0.25, 0.3) is 0 Å². The van der Waals surface area contributed by atoms with Crippen LogP contribution in [-0.4, -0.2) is 16.3 Å². The molecule has 4 nitrogen and oxygen atoms in total.